The van der Waals surface area contributed by atoms with Crippen LogP contribution in [-0.2, 0) is 9.53 Å². The monoisotopic (exact) mass is 385 g/mol. The van der Waals surface area contributed by atoms with Gasteiger partial charge in [-0.2, -0.15) is 0 Å². The largest absolute Gasteiger partial charge is 0.485 e. The van der Waals surface area contributed by atoms with E-state index in [4.69, 9.17) is 14.2 Å². The average molecular weight is 385 g/mol. The molecular formula is C22H27NO5. The molecule has 0 fully saturated rings. The first kappa shape index (κ1) is 20.2. The highest BCUT2D eigenvalue weighted by Gasteiger charge is 2.29. The lowest BCUT2D eigenvalue weighted by molar-refractivity contribution is -0.153. The van der Waals surface area contributed by atoms with Crippen LogP contribution < -0.4 is 14.8 Å². The van der Waals surface area contributed by atoms with Crippen molar-refractivity contribution < 1.29 is 24.1 Å². The van der Waals surface area contributed by atoms with Gasteiger partial charge in [-0.25, -0.2) is 4.79 Å². The fourth-order valence-electron chi connectivity index (χ4n) is 3.20. The standard InChI is InChI=1S/C22H27NO5/c1-3-17(23-13-18(24)15-8-6-5-7-9-15)16-10-11-19-20(12-16)28-21(14-27-19)22(25)26-4-2/h5-12,17-18,21,23-24H,3-4,13-14H2,1-2H3. The fourth-order valence-corrected chi connectivity index (χ4v) is 3.20. The lowest BCUT2D eigenvalue weighted by Crippen LogP contribution is -2.38. The molecule has 0 bridgehead atoms. The molecule has 0 saturated heterocycles. The van der Waals surface area contributed by atoms with Gasteiger partial charge in [-0.3, -0.25) is 0 Å². The van der Waals surface area contributed by atoms with Gasteiger partial charge in [0.15, 0.2) is 11.5 Å². The molecule has 0 aromatic heterocycles. The Labute approximate surface area is 165 Å². The van der Waals surface area contributed by atoms with Gasteiger partial charge in [0, 0.05) is 12.6 Å². The molecule has 0 spiro atoms. The average Bonchev–Trinajstić information content (AvgIpc) is 2.74. The van der Waals surface area contributed by atoms with Crippen molar-refractivity contribution >= 4 is 5.97 Å². The Hall–Kier alpha value is -2.57. The number of aliphatic hydroxyl groups excluding tert-OH is 1. The number of benzene rings is 2. The summed E-state index contributed by atoms with van der Waals surface area (Å²) in [6.45, 7) is 4.71. The second-order valence-corrected chi connectivity index (χ2v) is 6.67. The first-order chi connectivity index (χ1) is 13.6. The Bertz CT molecular complexity index is 780. The molecular weight excluding hydrogens is 358 g/mol. The van der Waals surface area contributed by atoms with Crippen LogP contribution in [0.2, 0.25) is 0 Å². The molecule has 1 aliphatic rings. The number of aliphatic hydroxyl groups is 1. The van der Waals surface area contributed by atoms with E-state index >= 15 is 0 Å². The molecule has 28 heavy (non-hydrogen) atoms. The van der Waals surface area contributed by atoms with Gasteiger partial charge in [-0.1, -0.05) is 43.3 Å². The van der Waals surface area contributed by atoms with Gasteiger partial charge in [-0.05, 0) is 36.6 Å². The topological polar surface area (TPSA) is 77.0 Å². The van der Waals surface area contributed by atoms with Gasteiger partial charge in [0.05, 0.1) is 12.7 Å². The Kier molecular flexibility index (Phi) is 6.90. The molecule has 1 heterocycles. The minimum Gasteiger partial charge on any atom is -0.485 e. The van der Waals surface area contributed by atoms with E-state index in [1.807, 2.05) is 48.5 Å². The van der Waals surface area contributed by atoms with Crippen molar-refractivity contribution in [1.29, 1.82) is 0 Å². The lowest BCUT2D eigenvalue weighted by Gasteiger charge is -2.27. The van der Waals surface area contributed by atoms with Crippen LogP contribution in [0.3, 0.4) is 0 Å². The fraction of sp³-hybridized carbons (Fsp3) is 0.409. The SMILES string of the molecule is CCOC(=O)C1COc2ccc(C(CC)NCC(O)c3ccccc3)cc2O1. The molecule has 2 N–H and O–H groups in total. The summed E-state index contributed by atoms with van der Waals surface area (Å²) in [5, 5.41) is 13.8. The number of carbonyl (C=O) groups excluding carboxylic acids is 1. The summed E-state index contributed by atoms with van der Waals surface area (Å²) in [7, 11) is 0. The Morgan fingerprint density at radius 2 is 1.96 bits per heavy atom. The summed E-state index contributed by atoms with van der Waals surface area (Å²) in [6.07, 6.45) is -0.501. The molecule has 0 aliphatic carbocycles. The number of carbonyl (C=O) groups is 1. The zero-order valence-electron chi connectivity index (χ0n) is 16.3. The summed E-state index contributed by atoms with van der Waals surface area (Å²) in [4.78, 5) is 11.9. The number of hydrogen-bond donors (Lipinski definition) is 2. The zero-order valence-corrected chi connectivity index (χ0v) is 16.3. The Morgan fingerprint density at radius 3 is 2.68 bits per heavy atom. The number of ether oxygens (including phenoxy) is 3. The summed E-state index contributed by atoms with van der Waals surface area (Å²) in [5.41, 5.74) is 1.89. The van der Waals surface area contributed by atoms with E-state index < -0.39 is 18.2 Å². The maximum atomic E-state index is 11.9. The smallest absolute Gasteiger partial charge is 0.350 e. The number of hydrogen-bond acceptors (Lipinski definition) is 6. The zero-order chi connectivity index (χ0) is 19.9. The number of esters is 1. The molecule has 0 amide bonds. The second kappa shape index (κ2) is 9.57. The minimum atomic E-state index is -0.754. The molecule has 2 aromatic carbocycles. The molecule has 1 aliphatic heterocycles. The van der Waals surface area contributed by atoms with Crippen molar-refractivity contribution in [3.63, 3.8) is 0 Å². The number of rotatable bonds is 8. The number of fused-ring (bicyclic) bond motifs is 1. The van der Waals surface area contributed by atoms with E-state index in [-0.39, 0.29) is 12.6 Å². The van der Waals surface area contributed by atoms with E-state index in [2.05, 4.69) is 12.2 Å². The van der Waals surface area contributed by atoms with Crippen molar-refractivity contribution in [3.8, 4) is 11.5 Å². The summed E-state index contributed by atoms with van der Waals surface area (Å²) in [6, 6.07) is 15.3. The van der Waals surface area contributed by atoms with Gasteiger partial charge < -0.3 is 24.6 Å². The predicted octanol–water partition coefficient (Wildman–Crippen LogP) is 3.16. The summed E-state index contributed by atoms with van der Waals surface area (Å²) in [5.74, 6) is 0.726. The number of nitrogens with one attached hydrogen (secondary N) is 1. The molecule has 6 nitrogen and oxygen atoms in total. The van der Waals surface area contributed by atoms with Crippen molar-refractivity contribution in [2.24, 2.45) is 0 Å². The normalized spacial score (nSPS) is 17.6. The van der Waals surface area contributed by atoms with Crippen LogP contribution >= 0.6 is 0 Å². The quantitative estimate of drug-likeness (QED) is 0.680. The van der Waals surface area contributed by atoms with E-state index in [0.29, 0.717) is 24.7 Å². The van der Waals surface area contributed by atoms with Gasteiger partial charge in [0.25, 0.3) is 0 Å². The van der Waals surface area contributed by atoms with Crippen LogP contribution in [0.4, 0.5) is 0 Å². The van der Waals surface area contributed by atoms with Crippen molar-refractivity contribution in [2.75, 3.05) is 19.8 Å². The van der Waals surface area contributed by atoms with Gasteiger partial charge >= 0.3 is 5.97 Å². The van der Waals surface area contributed by atoms with E-state index in [1.165, 1.54) is 0 Å². The molecule has 150 valence electrons. The van der Waals surface area contributed by atoms with Crippen LogP contribution in [0.5, 0.6) is 11.5 Å². The van der Waals surface area contributed by atoms with Gasteiger partial charge in [-0.15, -0.1) is 0 Å². The predicted molar refractivity (Wildman–Crippen MR) is 105 cm³/mol. The minimum absolute atomic E-state index is 0.0373. The summed E-state index contributed by atoms with van der Waals surface area (Å²) < 4.78 is 16.5. The van der Waals surface area contributed by atoms with E-state index in [1.54, 1.807) is 6.92 Å². The maximum Gasteiger partial charge on any atom is 0.350 e. The van der Waals surface area contributed by atoms with Gasteiger partial charge in [0.2, 0.25) is 6.10 Å². The van der Waals surface area contributed by atoms with E-state index in [0.717, 1.165) is 17.5 Å². The highest BCUT2D eigenvalue weighted by Crippen LogP contribution is 2.35. The van der Waals surface area contributed by atoms with Crippen LogP contribution in [0, 0.1) is 0 Å². The molecule has 0 saturated carbocycles. The van der Waals surface area contributed by atoms with Gasteiger partial charge in [0.1, 0.15) is 6.61 Å². The lowest BCUT2D eigenvalue weighted by atomic mass is 10.0. The third kappa shape index (κ3) is 4.82. The Morgan fingerprint density at radius 1 is 1.18 bits per heavy atom. The van der Waals surface area contributed by atoms with Crippen LogP contribution in [0.1, 0.15) is 43.5 Å². The first-order valence-corrected chi connectivity index (χ1v) is 9.68. The first-order valence-electron chi connectivity index (χ1n) is 9.68. The van der Waals surface area contributed by atoms with Crippen LogP contribution in [0.25, 0.3) is 0 Å². The highest BCUT2D eigenvalue weighted by molar-refractivity contribution is 5.76. The molecule has 2 aromatic rings. The third-order valence-electron chi connectivity index (χ3n) is 4.73. The molecule has 0 radical (unpaired) electrons. The molecule has 6 heteroatoms. The van der Waals surface area contributed by atoms with Crippen molar-refractivity contribution in [1.82, 2.24) is 5.32 Å². The molecule has 3 atom stereocenters. The van der Waals surface area contributed by atoms with E-state index in [9.17, 15) is 9.90 Å². The maximum absolute atomic E-state index is 11.9. The summed E-state index contributed by atoms with van der Waals surface area (Å²) >= 11 is 0. The second-order valence-electron chi connectivity index (χ2n) is 6.67. The van der Waals surface area contributed by atoms with Crippen LogP contribution in [0.15, 0.2) is 48.5 Å². The van der Waals surface area contributed by atoms with Crippen molar-refractivity contribution in [3.05, 3.63) is 59.7 Å². The highest BCUT2D eigenvalue weighted by atomic mass is 16.6. The molecule has 3 unspecified atom stereocenters. The Balaban J connectivity index is 1.67. The third-order valence-corrected chi connectivity index (χ3v) is 4.73. The van der Waals surface area contributed by atoms with Crippen LogP contribution in [-0.4, -0.2) is 36.9 Å². The molecule has 3 rings (SSSR count). The van der Waals surface area contributed by atoms with Crippen molar-refractivity contribution in [2.45, 2.75) is 38.5 Å².